The first-order valence-electron chi connectivity index (χ1n) is 5.97. The first-order chi connectivity index (χ1) is 7.73. The minimum atomic E-state index is -0.982. The van der Waals surface area contributed by atoms with Crippen molar-refractivity contribution < 1.29 is 14.7 Å². The van der Waals surface area contributed by atoms with Gasteiger partial charge in [0, 0.05) is 6.54 Å². The molecule has 3 atom stereocenters. The van der Waals surface area contributed by atoms with Crippen LogP contribution >= 0.6 is 0 Å². The second-order valence-electron chi connectivity index (χ2n) is 5.89. The number of nitrogens with one attached hydrogen (secondary N) is 2. The molecule has 1 fully saturated rings. The second-order valence-corrected chi connectivity index (χ2v) is 5.89. The van der Waals surface area contributed by atoms with E-state index in [9.17, 15) is 9.59 Å². The molecule has 0 saturated carbocycles. The van der Waals surface area contributed by atoms with E-state index in [1.54, 1.807) is 0 Å². The van der Waals surface area contributed by atoms with Gasteiger partial charge in [-0.1, -0.05) is 27.7 Å². The van der Waals surface area contributed by atoms with Crippen molar-refractivity contribution >= 4 is 11.9 Å². The van der Waals surface area contributed by atoms with E-state index >= 15 is 0 Å². The van der Waals surface area contributed by atoms with Crippen LogP contribution in [0.15, 0.2) is 0 Å². The molecule has 1 aliphatic rings. The summed E-state index contributed by atoms with van der Waals surface area (Å²) < 4.78 is 0. The molecule has 17 heavy (non-hydrogen) atoms. The van der Waals surface area contributed by atoms with Crippen molar-refractivity contribution in [2.75, 3.05) is 13.1 Å². The van der Waals surface area contributed by atoms with Crippen molar-refractivity contribution in [1.29, 1.82) is 0 Å². The summed E-state index contributed by atoms with van der Waals surface area (Å²) in [4.78, 5) is 23.2. The van der Waals surface area contributed by atoms with Crippen LogP contribution < -0.4 is 10.6 Å². The van der Waals surface area contributed by atoms with Gasteiger partial charge in [-0.05, 0) is 17.9 Å². The summed E-state index contributed by atoms with van der Waals surface area (Å²) >= 11 is 0. The summed E-state index contributed by atoms with van der Waals surface area (Å²) in [6.45, 7) is 8.86. The van der Waals surface area contributed by atoms with Gasteiger partial charge in [0.2, 0.25) is 5.91 Å². The van der Waals surface area contributed by atoms with E-state index in [0.29, 0.717) is 6.54 Å². The van der Waals surface area contributed by atoms with E-state index in [-0.39, 0.29) is 17.7 Å². The van der Waals surface area contributed by atoms with Crippen molar-refractivity contribution in [3.8, 4) is 0 Å². The van der Waals surface area contributed by atoms with Gasteiger partial charge in [-0.15, -0.1) is 0 Å². The van der Waals surface area contributed by atoms with Gasteiger partial charge in [0.15, 0.2) is 0 Å². The molecule has 1 aliphatic heterocycles. The minimum Gasteiger partial charge on any atom is -0.480 e. The average molecular weight is 242 g/mol. The molecule has 5 nitrogen and oxygen atoms in total. The lowest BCUT2D eigenvalue weighted by molar-refractivity contribution is -0.145. The van der Waals surface area contributed by atoms with Crippen LogP contribution in [0.1, 0.15) is 27.7 Å². The van der Waals surface area contributed by atoms with Crippen molar-refractivity contribution in [3.05, 3.63) is 0 Å². The van der Waals surface area contributed by atoms with Crippen molar-refractivity contribution in [3.63, 3.8) is 0 Å². The predicted molar refractivity (Wildman–Crippen MR) is 64.5 cm³/mol. The molecule has 98 valence electrons. The number of carboxylic acid groups (broad SMARTS) is 1. The standard InChI is InChI=1S/C12H22N2O3/c1-7-5-13-6-8(7)10(15)14-9(11(16)17)12(2,3)4/h7-9,13H,5-6H2,1-4H3,(H,14,15)(H,16,17)/t7-,8-,9+/m1/s1. The Morgan fingerprint density at radius 3 is 2.29 bits per heavy atom. The van der Waals surface area contributed by atoms with Crippen molar-refractivity contribution in [1.82, 2.24) is 10.6 Å². The Morgan fingerprint density at radius 1 is 1.35 bits per heavy atom. The Kier molecular flexibility index (Phi) is 4.14. The highest BCUT2D eigenvalue weighted by molar-refractivity contribution is 5.86. The summed E-state index contributed by atoms with van der Waals surface area (Å²) in [7, 11) is 0. The SMILES string of the molecule is C[C@@H]1CNC[C@H]1C(=O)N[C@@H](C(=O)O)C(C)(C)C. The quantitative estimate of drug-likeness (QED) is 0.671. The number of carbonyl (C=O) groups is 2. The third-order valence-corrected chi connectivity index (χ3v) is 3.25. The molecular formula is C12H22N2O3. The molecular weight excluding hydrogens is 220 g/mol. The fourth-order valence-electron chi connectivity index (χ4n) is 2.06. The van der Waals surface area contributed by atoms with Gasteiger partial charge >= 0.3 is 5.97 Å². The molecule has 0 radical (unpaired) electrons. The number of carbonyl (C=O) groups excluding carboxylic acids is 1. The number of hydrogen-bond donors (Lipinski definition) is 3. The minimum absolute atomic E-state index is 0.126. The van der Waals surface area contributed by atoms with Crippen LogP contribution in [0.5, 0.6) is 0 Å². The highest BCUT2D eigenvalue weighted by Gasteiger charge is 2.36. The fourth-order valence-corrected chi connectivity index (χ4v) is 2.06. The molecule has 5 heteroatoms. The van der Waals surface area contributed by atoms with Crippen LogP contribution in [-0.2, 0) is 9.59 Å². The van der Waals surface area contributed by atoms with Gasteiger partial charge in [0.05, 0.1) is 5.92 Å². The molecule has 1 rings (SSSR count). The lowest BCUT2D eigenvalue weighted by atomic mass is 9.86. The molecule has 0 bridgehead atoms. The third kappa shape index (κ3) is 3.43. The maximum absolute atomic E-state index is 12.0. The molecule has 1 saturated heterocycles. The van der Waals surface area contributed by atoms with Gasteiger partial charge in [-0.3, -0.25) is 4.79 Å². The van der Waals surface area contributed by atoms with Gasteiger partial charge in [0.1, 0.15) is 6.04 Å². The van der Waals surface area contributed by atoms with Crippen molar-refractivity contribution in [2.24, 2.45) is 17.3 Å². The van der Waals surface area contributed by atoms with Crippen LogP contribution in [0.3, 0.4) is 0 Å². The maximum atomic E-state index is 12.0. The summed E-state index contributed by atoms with van der Waals surface area (Å²) in [5.41, 5.74) is -0.489. The Bertz CT molecular complexity index is 309. The average Bonchev–Trinajstić information content (AvgIpc) is 2.58. The zero-order valence-corrected chi connectivity index (χ0v) is 10.9. The molecule has 0 unspecified atom stereocenters. The van der Waals surface area contributed by atoms with Crippen LogP contribution in [0.25, 0.3) is 0 Å². The second kappa shape index (κ2) is 5.04. The van der Waals surface area contributed by atoms with E-state index in [1.807, 2.05) is 27.7 Å². The molecule has 1 heterocycles. The number of amides is 1. The number of carboxylic acids is 1. The summed E-state index contributed by atoms with van der Waals surface area (Å²) in [5, 5.41) is 14.9. The Hall–Kier alpha value is -1.10. The monoisotopic (exact) mass is 242 g/mol. The van der Waals surface area contributed by atoms with Gasteiger partial charge in [-0.2, -0.15) is 0 Å². The predicted octanol–water partition coefficient (Wildman–Crippen LogP) is 0.457. The zero-order valence-electron chi connectivity index (χ0n) is 10.9. The molecule has 0 aliphatic carbocycles. The van der Waals surface area contributed by atoms with Crippen LogP contribution in [0.2, 0.25) is 0 Å². The highest BCUT2D eigenvalue weighted by Crippen LogP contribution is 2.22. The Balaban J connectivity index is 2.68. The summed E-state index contributed by atoms with van der Waals surface area (Å²) in [6.07, 6.45) is 0. The molecule has 3 N–H and O–H groups in total. The summed E-state index contributed by atoms with van der Waals surface area (Å²) in [5.74, 6) is -1.02. The third-order valence-electron chi connectivity index (χ3n) is 3.25. The summed E-state index contributed by atoms with van der Waals surface area (Å²) in [6, 6.07) is -0.845. The smallest absolute Gasteiger partial charge is 0.326 e. The van der Waals surface area contributed by atoms with E-state index in [1.165, 1.54) is 0 Å². The van der Waals surface area contributed by atoms with E-state index in [4.69, 9.17) is 5.11 Å². The molecule has 0 spiro atoms. The van der Waals surface area contributed by atoms with Crippen LogP contribution in [0.4, 0.5) is 0 Å². The first kappa shape index (κ1) is 14.0. The number of hydrogen-bond acceptors (Lipinski definition) is 3. The lowest BCUT2D eigenvalue weighted by Crippen LogP contribution is -2.51. The molecule has 0 aromatic carbocycles. The van der Waals surface area contributed by atoms with Gasteiger partial charge in [-0.25, -0.2) is 4.79 Å². The molecule has 0 aromatic rings. The van der Waals surface area contributed by atoms with E-state index < -0.39 is 17.4 Å². The van der Waals surface area contributed by atoms with E-state index in [0.717, 1.165) is 6.54 Å². The largest absolute Gasteiger partial charge is 0.480 e. The fraction of sp³-hybridized carbons (Fsp3) is 0.833. The topological polar surface area (TPSA) is 78.4 Å². The highest BCUT2D eigenvalue weighted by atomic mass is 16.4. The number of rotatable bonds is 3. The van der Waals surface area contributed by atoms with Crippen LogP contribution in [-0.4, -0.2) is 36.1 Å². The van der Waals surface area contributed by atoms with Gasteiger partial charge < -0.3 is 15.7 Å². The lowest BCUT2D eigenvalue weighted by Gasteiger charge is -2.29. The maximum Gasteiger partial charge on any atom is 0.326 e. The number of aliphatic carboxylic acids is 1. The zero-order chi connectivity index (χ0) is 13.2. The Morgan fingerprint density at radius 2 is 1.94 bits per heavy atom. The normalized spacial score (nSPS) is 26.6. The van der Waals surface area contributed by atoms with Crippen molar-refractivity contribution in [2.45, 2.75) is 33.7 Å². The molecule has 1 amide bonds. The first-order valence-corrected chi connectivity index (χ1v) is 5.97. The van der Waals surface area contributed by atoms with Crippen LogP contribution in [0, 0.1) is 17.3 Å². The molecule has 0 aromatic heterocycles. The van der Waals surface area contributed by atoms with E-state index in [2.05, 4.69) is 10.6 Å². The Labute approximate surface area is 102 Å². The van der Waals surface area contributed by atoms with Gasteiger partial charge in [0.25, 0.3) is 0 Å².